The van der Waals surface area contributed by atoms with Crippen LogP contribution in [-0.4, -0.2) is 5.11 Å². The fourth-order valence-electron chi connectivity index (χ4n) is 4.01. The number of aromatic hydroxyl groups is 1. The molecule has 1 nitrogen and oxygen atoms in total. The van der Waals surface area contributed by atoms with E-state index in [4.69, 9.17) is 0 Å². The molecule has 0 fully saturated rings. The molecule has 0 aromatic heterocycles. The second kappa shape index (κ2) is 1.04. The van der Waals surface area contributed by atoms with Gasteiger partial charge in [-0.2, -0.15) is 0 Å². The van der Waals surface area contributed by atoms with Crippen LogP contribution < -0.4 is 0 Å². The molecule has 0 amide bonds. The van der Waals surface area contributed by atoms with Crippen molar-refractivity contribution in [3.63, 3.8) is 0 Å². The number of phenols is 1. The van der Waals surface area contributed by atoms with E-state index in [1.54, 1.807) is 16.7 Å². The fourth-order valence-corrected chi connectivity index (χ4v) is 4.01. The van der Waals surface area contributed by atoms with E-state index in [1.807, 2.05) is 0 Å². The van der Waals surface area contributed by atoms with E-state index >= 15 is 0 Å². The molecule has 12 heavy (non-hydrogen) atoms. The SMILES string of the molecule is Oc1c2c3c4c5c1CC5C4C3C2. The zero-order valence-corrected chi connectivity index (χ0v) is 6.59. The minimum absolute atomic E-state index is 0.675. The number of hydrogen-bond donors (Lipinski definition) is 1. The lowest BCUT2D eigenvalue weighted by atomic mass is 9.38. The Morgan fingerprint density at radius 3 is 2.08 bits per heavy atom. The first kappa shape index (κ1) is 4.90. The lowest BCUT2D eigenvalue weighted by molar-refractivity contribution is 0.246. The number of hydrogen-bond acceptors (Lipinski definition) is 1. The molecule has 1 aromatic carbocycles. The lowest BCUT2D eigenvalue weighted by Gasteiger charge is -2.65. The van der Waals surface area contributed by atoms with Crippen molar-refractivity contribution in [3.05, 3.63) is 27.8 Å². The van der Waals surface area contributed by atoms with Crippen LogP contribution in [-0.2, 0) is 12.8 Å². The van der Waals surface area contributed by atoms with E-state index in [0.717, 1.165) is 17.8 Å². The molecule has 0 saturated heterocycles. The van der Waals surface area contributed by atoms with Crippen LogP contribution in [0.1, 0.15) is 45.6 Å². The van der Waals surface area contributed by atoms with Crippen LogP contribution in [0.25, 0.3) is 0 Å². The lowest BCUT2D eigenvalue weighted by Crippen LogP contribution is -2.52. The van der Waals surface area contributed by atoms with Crippen molar-refractivity contribution in [2.24, 2.45) is 0 Å². The largest absolute Gasteiger partial charge is 0.507 e. The molecule has 2 atom stereocenters. The highest BCUT2D eigenvalue weighted by molar-refractivity contribution is 5.79. The van der Waals surface area contributed by atoms with Gasteiger partial charge in [-0.3, -0.25) is 0 Å². The van der Waals surface area contributed by atoms with Gasteiger partial charge in [-0.05, 0) is 58.4 Å². The van der Waals surface area contributed by atoms with Crippen molar-refractivity contribution in [2.75, 3.05) is 0 Å². The Hall–Kier alpha value is -0.980. The van der Waals surface area contributed by atoms with Crippen LogP contribution in [0.5, 0.6) is 5.75 Å². The van der Waals surface area contributed by atoms with Crippen molar-refractivity contribution in [1.29, 1.82) is 0 Å². The first-order valence-corrected chi connectivity index (χ1v) is 4.78. The van der Waals surface area contributed by atoms with Gasteiger partial charge in [0.05, 0.1) is 0 Å². The van der Waals surface area contributed by atoms with Gasteiger partial charge < -0.3 is 5.11 Å². The van der Waals surface area contributed by atoms with E-state index in [2.05, 4.69) is 0 Å². The molecular weight excluding hydrogens is 148 g/mol. The summed E-state index contributed by atoms with van der Waals surface area (Å²) >= 11 is 0. The number of fused-ring (bicyclic) bond motifs is 2. The van der Waals surface area contributed by atoms with Crippen molar-refractivity contribution in [2.45, 2.75) is 30.6 Å². The summed E-state index contributed by atoms with van der Waals surface area (Å²) in [4.78, 5) is 0. The molecule has 1 N–H and O–H groups in total. The van der Waals surface area contributed by atoms with Gasteiger partial charge in [0.2, 0.25) is 0 Å². The van der Waals surface area contributed by atoms with Gasteiger partial charge in [-0.15, -0.1) is 0 Å². The number of benzene rings is 1. The summed E-state index contributed by atoms with van der Waals surface area (Å²) in [6.07, 6.45) is 2.37. The third-order valence-corrected chi connectivity index (χ3v) is 4.59. The molecule has 1 aromatic rings. The molecule has 0 heterocycles. The predicted octanol–water partition coefficient (Wildman–Crippen LogP) is 1.78. The summed E-state index contributed by atoms with van der Waals surface area (Å²) in [7, 11) is 0. The molecule has 4 aliphatic carbocycles. The molecular formula is C11H8O. The zero-order chi connectivity index (χ0) is 7.61. The quantitative estimate of drug-likeness (QED) is 0.607. The van der Waals surface area contributed by atoms with Gasteiger partial charge in [-0.25, -0.2) is 0 Å². The summed E-state index contributed by atoms with van der Waals surface area (Å²) in [5, 5.41) is 9.83. The first-order chi connectivity index (χ1) is 5.88. The summed E-state index contributed by atoms with van der Waals surface area (Å²) in [6.45, 7) is 0. The molecule has 0 radical (unpaired) electrons. The maximum absolute atomic E-state index is 9.83. The molecule has 0 bridgehead atoms. The Bertz CT molecular complexity index is 392. The normalized spacial score (nSPS) is 40.2. The zero-order valence-electron chi connectivity index (χ0n) is 6.59. The highest BCUT2D eigenvalue weighted by Gasteiger charge is 2.63. The second-order valence-electron chi connectivity index (χ2n) is 4.69. The predicted molar refractivity (Wildman–Crippen MR) is 43.7 cm³/mol. The van der Waals surface area contributed by atoms with E-state index < -0.39 is 0 Å². The first-order valence-electron chi connectivity index (χ1n) is 4.78. The van der Waals surface area contributed by atoms with E-state index in [1.165, 1.54) is 24.0 Å². The smallest absolute Gasteiger partial charge is 0.122 e. The molecule has 1 heteroatoms. The Labute approximate surface area is 70.0 Å². The third kappa shape index (κ3) is 0.223. The average Bonchev–Trinajstić information content (AvgIpc) is 1.92. The van der Waals surface area contributed by atoms with Gasteiger partial charge >= 0.3 is 0 Å². The second-order valence-corrected chi connectivity index (χ2v) is 4.69. The minimum atomic E-state index is 0.675. The van der Waals surface area contributed by atoms with Crippen LogP contribution in [0, 0.1) is 0 Å². The van der Waals surface area contributed by atoms with Crippen molar-refractivity contribution >= 4 is 0 Å². The molecule has 5 rings (SSSR count). The van der Waals surface area contributed by atoms with Gasteiger partial charge in [0.25, 0.3) is 0 Å². The maximum atomic E-state index is 9.83. The van der Waals surface area contributed by atoms with Crippen LogP contribution >= 0.6 is 0 Å². The average molecular weight is 156 g/mol. The van der Waals surface area contributed by atoms with Crippen molar-refractivity contribution in [3.8, 4) is 5.75 Å². The summed E-state index contributed by atoms with van der Waals surface area (Å²) < 4.78 is 0. The van der Waals surface area contributed by atoms with Gasteiger partial charge in [-0.1, -0.05) is 0 Å². The van der Waals surface area contributed by atoms with Gasteiger partial charge in [0.15, 0.2) is 0 Å². The summed E-state index contributed by atoms with van der Waals surface area (Å²) in [5.74, 6) is 3.39. The Morgan fingerprint density at radius 1 is 0.917 bits per heavy atom. The number of rotatable bonds is 0. The van der Waals surface area contributed by atoms with E-state index in [9.17, 15) is 5.11 Å². The van der Waals surface area contributed by atoms with Crippen molar-refractivity contribution in [1.82, 2.24) is 0 Å². The highest BCUT2D eigenvalue weighted by atomic mass is 16.3. The molecule has 2 unspecified atom stereocenters. The van der Waals surface area contributed by atoms with Crippen molar-refractivity contribution < 1.29 is 5.11 Å². The minimum Gasteiger partial charge on any atom is -0.507 e. The van der Waals surface area contributed by atoms with Crippen LogP contribution in [0.2, 0.25) is 0 Å². The van der Waals surface area contributed by atoms with Crippen LogP contribution in [0.3, 0.4) is 0 Å². The topological polar surface area (TPSA) is 20.2 Å². The van der Waals surface area contributed by atoms with E-state index in [-0.39, 0.29) is 0 Å². The maximum Gasteiger partial charge on any atom is 0.122 e. The molecule has 0 saturated carbocycles. The highest BCUT2D eigenvalue weighted by Crippen LogP contribution is 2.77. The molecule has 4 aliphatic rings. The van der Waals surface area contributed by atoms with Gasteiger partial charge in [0, 0.05) is 0 Å². The molecule has 58 valence electrons. The standard InChI is InChI=1S/C11H8O/c12-11-5-1-3-7-4-2-6(11)9(4)10(7)8(3)5/h3-4,7,12H,1-2H2. The monoisotopic (exact) mass is 156 g/mol. The summed E-state index contributed by atoms with van der Waals surface area (Å²) in [5.41, 5.74) is 7.41. The van der Waals surface area contributed by atoms with Crippen LogP contribution in [0.15, 0.2) is 0 Å². The Morgan fingerprint density at radius 2 is 1.50 bits per heavy atom. The third-order valence-electron chi connectivity index (χ3n) is 4.59. The fraction of sp³-hybridized carbons (Fsp3) is 0.455. The van der Waals surface area contributed by atoms with Crippen LogP contribution in [0.4, 0.5) is 0 Å². The number of phenolic OH excluding ortho intramolecular Hbond substituents is 1. The van der Waals surface area contributed by atoms with E-state index in [0.29, 0.717) is 5.75 Å². The van der Waals surface area contributed by atoms with Gasteiger partial charge in [0.1, 0.15) is 5.75 Å². The Balaban J connectivity index is 2.14. The summed E-state index contributed by atoms with van der Waals surface area (Å²) in [6, 6.07) is 0. The molecule has 0 aliphatic heterocycles. The molecule has 0 spiro atoms. The Kier molecular flexibility index (Phi) is 0.424.